The second kappa shape index (κ2) is 4.28. The van der Waals surface area contributed by atoms with Crippen LogP contribution in [0.1, 0.15) is 11.4 Å². The number of aryl methyl sites for hydroxylation is 1. The predicted molar refractivity (Wildman–Crippen MR) is 53.5 cm³/mol. The van der Waals surface area contributed by atoms with Crippen molar-refractivity contribution in [2.75, 3.05) is 0 Å². The minimum atomic E-state index is -0.961. The molecule has 0 amide bonds. The molecule has 0 aliphatic rings. The number of nitrogens with zero attached hydrogens (tertiary/aromatic N) is 2. The zero-order valence-corrected chi connectivity index (χ0v) is 8.75. The SMILES string of the molecule is Cc1nn(CC=CC(=O)O)c(C)c1Cl. The lowest BCUT2D eigenvalue weighted by Gasteiger charge is -1.98. The molecule has 0 atom stereocenters. The van der Waals surface area contributed by atoms with Gasteiger partial charge in [0.15, 0.2) is 0 Å². The average Bonchev–Trinajstić information content (AvgIpc) is 2.33. The van der Waals surface area contributed by atoms with Crippen LogP contribution in [0.4, 0.5) is 0 Å². The number of rotatable bonds is 3. The molecule has 76 valence electrons. The summed E-state index contributed by atoms with van der Waals surface area (Å²) in [6.07, 6.45) is 2.61. The van der Waals surface area contributed by atoms with Crippen LogP contribution in [0.25, 0.3) is 0 Å². The van der Waals surface area contributed by atoms with Gasteiger partial charge < -0.3 is 5.11 Å². The lowest BCUT2D eigenvalue weighted by atomic mass is 10.4. The Bertz CT molecular complexity index is 382. The summed E-state index contributed by atoms with van der Waals surface area (Å²) in [5.74, 6) is -0.961. The molecule has 1 rings (SSSR count). The molecular weight excluding hydrogens is 204 g/mol. The Hall–Kier alpha value is -1.29. The van der Waals surface area contributed by atoms with Gasteiger partial charge in [-0.2, -0.15) is 5.10 Å². The molecule has 0 aromatic carbocycles. The van der Waals surface area contributed by atoms with Crippen molar-refractivity contribution < 1.29 is 9.90 Å². The molecule has 0 bridgehead atoms. The maximum absolute atomic E-state index is 10.2. The molecule has 0 aliphatic heterocycles. The van der Waals surface area contributed by atoms with Crippen LogP contribution in [0, 0.1) is 13.8 Å². The predicted octanol–water partition coefficient (Wildman–Crippen LogP) is 1.79. The minimum Gasteiger partial charge on any atom is -0.478 e. The van der Waals surface area contributed by atoms with Crippen molar-refractivity contribution in [1.29, 1.82) is 0 Å². The van der Waals surface area contributed by atoms with E-state index in [1.54, 1.807) is 4.68 Å². The van der Waals surface area contributed by atoms with Crippen LogP contribution in [0.5, 0.6) is 0 Å². The first-order valence-electron chi connectivity index (χ1n) is 4.11. The fourth-order valence-corrected chi connectivity index (χ4v) is 1.24. The first-order valence-corrected chi connectivity index (χ1v) is 4.49. The van der Waals surface area contributed by atoms with E-state index in [9.17, 15) is 4.79 Å². The van der Waals surface area contributed by atoms with E-state index in [1.807, 2.05) is 13.8 Å². The van der Waals surface area contributed by atoms with E-state index >= 15 is 0 Å². The highest BCUT2D eigenvalue weighted by Crippen LogP contribution is 2.18. The van der Waals surface area contributed by atoms with E-state index in [0.717, 1.165) is 17.5 Å². The van der Waals surface area contributed by atoms with Crippen LogP contribution in [0.2, 0.25) is 5.02 Å². The smallest absolute Gasteiger partial charge is 0.328 e. The zero-order valence-electron chi connectivity index (χ0n) is 7.99. The summed E-state index contributed by atoms with van der Waals surface area (Å²) in [5, 5.41) is 13.2. The van der Waals surface area contributed by atoms with E-state index in [-0.39, 0.29) is 0 Å². The van der Waals surface area contributed by atoms with Crippen LogP contribution in [0.15, 0.2) is 12.2 Å². The van der Waals surface area contributed by atoms with Crippen molar-refractivity contribution >= 4 is 17.6 Å². The fourth-order valence-electron chi connectivity index (χ4n) is 1.11. The monoisotopic (exact) mass is 214 g/mol. The maximum atomic E-state index is 10.2. The molecule has 4 nitrogen and oxygen atoms in total. The lowest BCUT2D eigenvalue weighted by molar-refractivity contribution is -0.131. The molecule has 0 radical (unpaired) electrons. The second-order valence-corrected chi connectivity index (χ2v) is 3.29. The molecule has 1 N–H and O–H groups in total. The van der Waals surface area contributed by atoms with Gasteiger partial charge in [-0.3, -0.25) is 4.68 Å². The number of aromatic nitrogens is 2. The van der Waals surface area contributed by atoms with Gasteiger partial charge >= 0.3 is 5.97 Å². The van der Waals surface area contributed by atoms with Crippen molar-refractivity contribution in [2.45, 2.75) is 20.4 Å². The molecule has 1 heterocycles. The molecule has 1 aromatic rings. The Kier molecular flexibility index (Phi) is 3.30. The Morgan fingerprint density at radius 3 is 2.71 bits per heavy atom. The first kappa shape index (κ1) is 10.8. The van der Waals surface area contributed by atoms with Gasteiger partial charge in [0.1, 0.15) is 0 Å². The van der Waals surface area contributed by atoms with Gasteiger partial charge in [0.05, 0.1) is 23.0 Å². The van der Waals surface area contributed by atoms with Crippen LogP contribution >= 0.6 is 11.6 Å². The van der Waals surface area contributed by atoms with Gasteiger partial charge in [0.2, 0.25) is 0 Å². The highest BCUT2D eigenvalue weighted by atomic mass is 35.5. The summed E-state index contributed by atoms with van der Waals surface area (Å²) in [5.41, 5.74) is 1.60. The number of hydrogen-bond acceptors (Lipinski definition) is 2. The molecule has 5 heteroatoms. The van der Waals surface area contributed by atoms with Crippen LogP contribution in [0.3, 0.4) is 0 Å². The van der Waals surface area contributed by atoms with Crippen molar-refractivity contribution in [3.05, 3.63) is 28.6 Å². The molecule has 1 aromatic heterocycles. The number of aliphatic carboxylic acids is 1. The summed E-state index contributed by atoms with van der Waals surface area (Å²) in [6, 6.07) is 0. The quantitative estimate of drug-likeness (QED) is 0.781. The summed E-state index contributed by atoms with van der Waals surface area (Å²) >= 11 is 5.92. The molecule has 0 aliphatic carbocycles. The summed E-state index contributed by atoms with van der Waals surface area (Å²) in [7, 11) is 0. The van der Waals surface area contributed by atoms with Crippen molar-refractivity contribution in [3.63, 3.8) is 0 Å². The van der Waals surface area contributed by atoms with Gasteiger partial charge in [0, 0.05) is 6.08 Å². The van der Waals surface area contributed by atoms with Gasteiger partial charge in [-0.25, -0.2) is 4.79 Å². The Morgan fingerprint density at radius 1 is 1.64 bits per heavy atom. The largest absolute Gasteiger partial charge is 0.478 e. The standard InChI is InChI=1S/C9H11ClN2O2/c1-6-9(10)7(2)12(11-6)5-3-4-8(13)14/h3-4H,5H2,1-2H3,(H,13,14). The molecule has 0 unspecified atom stereocenters. The summed E-state index contributed by atoms with van der Waals surface area (Å²) in [6.45, 7) is 4.08. The third kappa shape index (κ3) is 2.35. The Morgan fingerprint density at radius 2 is 2.29 bits per heavy atom. The van der Waals surface area contributed by atoms with Crippen LogP contribution < -0.4 is 0 Å². The van der Waals surface area contributed by atoms with Crippen molar-refractivity contribution in [2.24, 2.45) is 0 Å². The molecule has 0 spiro atoms. The van der Waals surface area contributed by atoms with Crippen LogP contribution in [-0.2, 0) is 11.3 Å². The summed E-state index contributed by atoms with van der Waals surface area (Å²) < 4.78 is 1.66. The van der Waals surface area contributed by atoms with Crippen LogP contribution in [-0.4, -0.2) is 20.9 Å². The number of carbonyl (C=O) groups is 1. The van der Waals surface area contributed by atoms with E-state index in [0.29, 0.717) is 11.6 Å². The fraction of sp³-hybridized carbons (Fsp3) is 0.333. The topological polar surface area (TPSA) is 55.1 Å². The molecular formula is C9H11ClN2O2. The van der Waals surface area contributed by atoms with E-state index in [4.69, 9.17) is 16.7 Å². The third-order valence-electron chi connectivity index (χ3n) is 1.83. The highest BCUT2D eigenvalue weighted by molar-refractivity contribution is 6.31. The van der Waals surface area contributed by atoms with Crippen molar-refractivity contribution in [1.82, 2.24) is 9.78 Å². The van der Waals surface area contributed by atoms with E-state index in [2.05, 4.69) is 5.10 Å². The lowest BCUT2D eigenvalue weighted by Crippen LogP contribution is -2.00. The highest BCUT2D eigenvalue weighted by Gasteiger charge is 2.07. The van der Waals surface area contributed by atoms with Gasteiger partial charge in [-0.15, -0.1) is 0 Å². The Labute approximate surface area is 86.8 Å². The first-order chi connectivity index (χ1) is 6.52. The number of halogens is 1. The third-order valence-corrected chi connectivity index (χ3v) is 2.38. The zero-order chi connectivity index (χ0) is 10.7. The number of hydrogen-bond donors (Lipinski definition) is 1. The molecule has 0 saturated carbocycles. The number of carboxylic acid groups (broad SMARTS) is 1. The number of carboxylic acids is 1. The second-order valence-electron chi connectivity index (χ2n) is 2.91. The van der Waals surface area contributed by atoms with E-state index in [1.165, 1.54) is 6.08 Å². The van der Waals surface area contributed by atoms with Crippen molar-refractivity contribution in [3.8, 4) is 0 Å². The normalized spacial score (nSPS) is 11.1. The minimum absolute atomic E-state index is 0.422. The van der Waals surface area contributed by atoms with Gasteiger partial charge in [0.25, 0.3) is 0 Å². The average molecular weight is 215 g/mol. The maximum Gasteiger partial charge on any atom is 0.328 e. The number of allylic oxidation sites excluding steroid dienone is 1. The van der Waals surface area contributed by atoms with E-state index < -0.39 is 5.97 Å². The Balaban J connectivity index is 2.78. The van der Waals surface area contributed by atoms with Gasteiger partial charge in [-0.1, -0.05) is 17.7 Å². The molecule has 14 heavy (non-hydrogen) atoms. The van der Waals surface area contributed by atoms with Gasteiger partial charge in [-0.05, 0) is 13.8 Å². The molecule has 0 saturated heterocycles. The molecule has 0 fully saturated rings. The summed E-state index contributed by atoms with van der Waals surface area (Å²) in [4.78, 5) is 10.2.